The summed E-state index contributed by atoms with van der Waals surface area (Å²) in [5.41, 5.74) is 7.62. The second-order valence-electron chi connectivity index (χ2n) is 3.49. The molecule has 0 saturated heterocycles. The van der Waals surface area contributed by atoms with E-state index in [-0.39, 0.29) is 5.75 Å². The summed E-state index contributed by atoms with van der Waals surface area (Å²) in [6.07, 6.45) is 2.34. The molecule has 0 radical (unpaired) electrons. The van der Waals surface area contributed by atoms with Crippen LogP contribution < -0.4 is 10.5 Å². The molecule has 2 aromatic rings. The summed E-state index contributed by atoms with van der Waals surface area (Å²) in [7, 11) is 1.52. The van der Waals surface area contributed by atoms with Crippen LogP contribution in [-0.2, 0) is 6.42 Å². The minimum absolute atomic E-state index is 0.131. The Hall–Kier alpha value is -2.17. The van der Waals surface area contributed by atoms with Crippen molar-refractivity contribution in [2.24, 2.45) is 0 Å². The number of ether oxygens (including phenoxy) is 1. The predicted octanol–water partition coefficient (Wildman–Crippen LogP) is 1.30. The lowest BCUT2D eigenvalue weighted by molar-refractivity contribution is 0.373. The number of aromatic hydroxyl groups is 1. The second kappa shape index (κ2) is 4.14. The Morgan fingerprint density at radius 3 is 2.94 bits per heavy atom. The Morgan fingerprint density at radius 2 is 2.31 bits per heavy atom. The van der Waals surface area contributed by atoms with Gasteiger partial charge < -0.3 is 15.6 Å². The summed E-state index contributed by atoms with van der Waals surface area (Å²) in [6.45, 7) is 0. The van der Waals surface area contributed by atoms with Crippen molar-refractivity contribution in [2.45, 2.75) is 6.42 Å². The fourth-order valence-corrected chi connectivity index (χ4v) is 1.51. The molecule has 0 fully saturated rings. The van der Waals surface area contributed by atoms with E-state index in [0.29, 0.717) is 18.0 Å². The molecule has 1 aromatic heterocycles. The molecule has 0 unspecified atom stereocenters. The minimum Gasteiger partial charge on any atom is -0.504 e. The van der Waals surface area contributed by atoms with Crippen molar-refractivity contribution >= 4 is 5.82 Å². The van der Waals surface area contributed by atoms with Gasteiger partial charge in [0.2, 0.25) is 0 Å². The van der Waals surface area contributed by atoms with Crippen molar-refractivity contribution in [2.75, 3.05) is 12.8 Å². The molecule has 0 aliphatic heterocycles. The zero-order valence-corrected chi connectivity index (χ0v) is 8.90. The molecule has 84 valence electrons. The van der Waals surface area contributed by atoms with Crippen LogP contribution in [-0.4, -0.2) is 22.4 Å². The zero-order valence-electron chi connectivity index (χ0n) is 8.90. The molecule has 2 rings (SSSR count). The van der Waals surface area contributed by atoms with E-state index in [4.69, 9.17) is 10.5 Å². The number of anilines is 1. The van der Waals surface area contributed by atoms with Gasteiger partial charge in [-0.05, 0) is 17.7 Å². The van der Waals surface area contributed by atoms with Crippen LogP contribution in [0.5, 0.6) is 11.5 Å². The fraction of sp³-hybridized carbons (Fsp3) is 0.182. The third kappa shape index (κ3) is 1.93. The van der Waals surface area contributed by atoms with Gasteiger partial charge in [0, 0.05) is 12.0 Å². The van der Waals surface area contributed by atoms with Gasteiger partial charge in [-0.15, -0.1) is 0 Å². The highest BCUT2D eigenvalue weighted by atomic mass is 16.5. The number of aromatic nitrogens is 2. The van der Waals surface area contributed by atoms with Crippen molar-refractivity contribution in [3.63, 3.8) is 0 Å². The SMILES string of the molecule is COc1cc(Cc2cn[nH]c2N)ccc1O. The van der Waals surface area contributed by atoms with Crippen molar-refractivity contribution in [1.29, 1.82) is 0 Å². The number of nitrogens with one attached hydrogen (secondary N) is 1. The monoisotopic (exact) mass is 219 g/mol. The number of nitrogen functional groups attached to an aromatic ring is 1. The molecule has 5 heteroatoms. The van der Waals surface area contributed by atoms with Crippen molar-refractivity contribution in [1.82, 2.24) is 10.2 Å². The van der Waals surface area contributed by atoms with E-state index in [9.17, 15) is 5.11 Å². The molecule has 0 atom stereocenters. The van der Waals surface area contributed by atoms with Gasteiger partial charge >= 0.3 is 0 Å². The second-order valence-corrected chi connectivity index (χ2v) is 3.49. The first-order valence-electron chi connectivity index (χ1n) is 4.84. The maximum absolute atomic E-state index is 9.45. The van der Waals surface area contributed by atoms with Crippen LogP contribution in [0.3, 0.4) is 0 Å². The minimum atomic E-state index is 0.131. The highest BCUT2D eigenvalue weighted by Crippen LogP contribution is 2.27. The van der Waals surface area contributed by atoms with Crippen LogP contribution in [0.4, 0.5) is 5.82 Å². The molecule has 0 spiro atoms. The number of rotatable bonds is 3. The number of nitrogens with zero attached hydrogens (tertiary/aromatic N) is 1. The van der Waals surface area contributed by atoms with E-state index >= 15 is 0 Å². The number of hydrogen-bond acceptors (Lipinski definition) is 4. The normalized spacial score (nSPS) is 10.3. The standard InChI is InChI=1S/C11H13N3O2/c1-16-10-5-7(2-3-9(10)15)4-8-6-13-14-11(8)12/h2-3,5-6,15H,4H2,1H3,(H3,12,13,14). The average molecular weight is 219 g/mol. The summed E-state index contributed by atoms with van der Waals surface area (Å²) in [5.74, 6) is 1.15. The Balaban J connectivity index is 2.25. The lowest BCUT2D eigenvalue weighted by Gasteiger charge is -2.06. The third-order valence-corrected chi connectivity index (χ3v) is 2.39. The lowest BCUT2D eigenvalue weighted by atomic mass is 10.1. The Morgan fingerprint density at radius 1 is 1.50 bits per heavy atom. The first-order valence-corrected chi connectivity index (χ1v) is 4.84. The number of nitrogens with two attached hydrogens (primary N) is 1. The molecule has 1 heterocycles. The fourth-order valence-electron chi connectivity index (χ4n) is 1.51. The molecule has 0 saturated carbocycles. The third-order valence-electron chi connectivity index (χ3n) is 2.39. The Kier molecular flexibility index (Phi) is 2.68. The summed E-state index contributed by atoms with van der Waals surface area (Å²) in [5, 5.41) is 16.0. The molecule has 0 amide bonds. The predicted molar refractivity (Wildman–Crippen MR) is 60.5 cm³/mol. The molecule has 5 nitrogen and oxygen atoms in total. The van der Waals surface area contributed by atoms with Gasteiger partial charge in [0.25, 0.3) is 0 Å². The number of aromatic amines is 1. The molecule has 4 N–H and O–H groups in total. The van der Waals surface area contributed by atoms with Gasteiger partial charge in [0.1, 0.15) is 5.82 Å². The first-order chi connectivity index (χ1) is 7.70. The largest absolute Gasteiger partial charge is 0.504 e. The number of benzene rings is 1. The van der Waals surface area contributed by atoms with Crippen molar-refractivity contribution in [3.05, 3.63) is 35.5 Å². The van der Waals surface area contributed by atoms with Crippen LogP contribution in [0.1, 0.15) is 11.1 Å². The molecule has 16 heavy (non-hydrogen) atoms. The maximum atomic E-state index is 9.45. The van der Waals surface area contributed by atoms with Crippen LogP contribution in [0, 0.1) is 0 Å². The van der Waals surface area contributed by atoms with E-state index in [1.165, 1.54) is 7.11 Å². The zero-order chi connectivity index (χ0) is 11.5. The number of methoxy groups -OCH3 is 1. The first kappa shape index (κ1) is 10.4. The Labute approximate surface area is 92.9 Å². The van der Waals surface area contributed by atoms with Gasteiger partial charge in [0.05, 0.1) is 13.3 Å². The smallest absolute Gasteiger partial charge is 0.160 e. The molecular weight excluding hydrogens is 206 g/mol. The Bertz CT molecular complexity index is 494. The molecular formula is C11H13N3O2. The van der Waals surface area contributed by atoms with E-state index in [0.717, 1.165) is 11.1 Å². The highest BCUT2D eigenvalue weighted by molar-refractivity contribution is 5.46. The summed E-state index contributed by atoms with van der Waals surface area (Å²) in [6, 6.07) is 5.20. The molecule has 0 aliphatic rings. The quantitative estimate of drug-likeness (QED) is 0.726. The average Bonchev–Trinajstić information content (AvgIpc) is 2.67. The van der Waals surface area contributed by atoms with Crippen LogP contribution in [0.15, 0.2) is 24.4 Å². The number of hydrogen-bond donors (Lipinski definition) is 3. The van der Waals surface area contributed by atoms with Crippen LogP contribution in [0.2, 0.25) is 0 Å². The number of phenols is 1. The topological polar surface area (TPSA) is 84.2 Å². The van der Waals surface area contributed by atoms with E-state index in [1.54, 1.807) is 18.3 Å². The van der Waals surface area contributed by atoms with Gasteiger partial charge in [-0.1, -0.05) is 6.07 Å². The van der Waals surface area contributed by atoms with Gasteiger partial charge in [-0.3, -0.25) is 5.10 Å². The number of H-pyrrole nitrogens is 1. The van der Waals surface area contributed by atoms with Crippen molar-refractivity contribution < 1.29 is 9.84 Å². The summed E-state index contributed by atoms with van der Waals surface area (Å²) >= 11 is 0. The van der Waals surface area contributed by atoms with Crippen LogP contribution in [0.25, 0.3) is 0 Å². The number of phenolic OH excluding ortho intramolecular Hbond substituents is 1. The van der Waals surface area contributed by atoms with Gasteiger partial charge in [-0.25, -0.2) is 0 Å². The molecule has 0 aliphatic carbocycles. The highest BCUT2D eigenvalue weighted by Gasteiger charge is 2.06. The maximum Gasteiger partial charge on any atom is 0.160 e. The van der Waals surface area contributed by atoms with Crippen molar-refractivity contribution in [3.8, 4) is 11.5 Å². The molecule has 0 bridgehead atoms. The van der Waals surface area contributed by atoms with E-state index in [1.807, 2.05) is 6.07 Å². The van der Waals surface area contributed by atoms with Gasteiger partial charge in [0.15, 0.2) is 11.5 Å². The van der Waals surface area contributed by atoms with E-state index < -0.39 is 0 Å². The lowest BCUT2D eigenvalue weighted by Crippen LogP contribution is -1.94. The summed E-state index contributed by atoms with van der Waals surface area (Å²) in [4.78, 5) is 0. The molecule has 1 aromatic carbocycles. The van der Waals surface area contributed by atoms with Gasteiger partial charge in [-0.2, -0.15) is 5.10 Å². The summed E-state index contributed by atoms with van der Waals surface area (Å²) < 4.78 is 5.03. The van der Waals surface area contributed by atoms with E-state index in [2.05, 4.69) is 10.2 Å². The van der Waals surface area contributed by atoms with Crippen LogP contribution >= 0.6 is 0 Å².